The van der Waals surface area contributed by atoms with E-state index in [1.54, 1.807) is 0 Å². The number of ether oxygens (including phenoxy) is 1. The van der Waals surface area contributed by atoms with Crippen molar-refractivity contribution >= 4 is 5.97 Å². The minimum absolute atomic E-state index is 0.169. The number of benzene rings is 1. The summed E-state index contributed by atoms with van der Waals surface area (Å²) in [4.78, 5) is 10.8. The van der Waals surface area contributed by atoms with E-state index in [2.05, 4.69) is 0 Å². The summed E-state index contributed by atoms with van der Waals surface area (Å²) < 4.78 is 5.47. The number of carboxylic acid groups (broad SMARTS) is 1. The van der Waals surface area contributed by atoms with E-state index < -0.39 is 5.97 Å². The Morgan fingerprint density at radius 3 is 3.07 bits per heavy atom. The molecule has 1 fully saturated rings. The maximum atomic E-state index is 10.8. The molecule has 3 nitrogen and oxygen atoms in total. The van der Waals surface area contributed by atoms with Crippen molar-refractivity contribution in [2.24, 2.45) is 5.92 Å². The summed E-state index contributed by atoms with van der Waals surface area (Å²) in [6, 6.07) is 5.96. The Kier molecular flexibility index (Phi) is 1.75. The van der Waals surface area contributed by atoms with E-state index in [-0.39, 0.29) is 11.8 Å². The van der Waals surface area contributed by atoms with Gasteiger partial charge in [-0.1, -0.05) is 12.1 Å². The van der Waals surface area contributed by atoms with Crippen molar-refractivity contribution in [2.45, 2.75) is 18.8 Å². The van der Waals surface area contributed by atoms with Crippen molar-refractivity contribution in [1.82, 2.24) is 0 Å². The second-order valence-electron chi connectivity index (χ2n) is 4.21. The average Bonchev–Trinajstić information content (AvgIpc) is 2.87. The average molecular weight is 204 g/mol. The van der Waals surface area contributed by atoms with E-state index in [1.807, 2.05) is 18.2 Å². The number of fused-ring (bicyclic) bond motifs is 1. The molecule has 3 rings (SSSR count). The quantitative estimate of drug-likeness (QED) is 0.799. The summed E-state index contributed by atoms with van der Waals surface area (Å²) >= 11 is 0. The summed E-state index contributed by atoms with van der Waals surface area (Å²) in [5.41, 5.74) is 2.42. The predicted molar refractivity (Wildman–Crippen MR) is 54.1 cm³/mol. The number of aliphatic carboxylic acids is 1. The molecule has 3 heteroatoms. The van der Waals surface area contributed by atoms with Gasteiger partial charge in [-0.05, 0) is 24.0 Å². The molecule has 1 saturated carbocycles. The van der Waals surface area contributed by atoms with Crippen LogP contribution in [0.1, 0.15) is 23.5 Å². The zero-order valence-electron chi connectivity index (χ0n) is 8.27. The molecule has 0 bridgehead atoms. The highest BCUT2D eigenvalue weighted by Gasteiger charge is 2.45. The first-order chi connectivity index (χ1) is 7.27. The first-order valence-electron chi connectivity index (χ1n) is 5.25. The third kappa shape index (κ3) is 1.30. The van der Waals surface area contributed by atoms with E-state index in [0.717, 1.165) is 25.2 Å². The molecule has 1 aromatic carbocycles. The van der Waals surface area contributed by atoms with Crippen molar-refractivity contribution in [1.29, 1.82) is 0 Å². The summed E-state index contributed by atoms with van der Waals surface area (Å²) in [7, 11) is 0. The van der Waals surface area contributed by atoms with Gasteiger partial charge in [-0.3, -0.25) is 4.79 Å². The lowest BCUT2D eigenvalue weighted by Crippen LogP contribution is -2.00. The molecule has 0 amide bonds. The molecular formula is C12H12O3. The van der Waals surface area contributed by atoms with Gasteiger partial charge in [-0.2, -0.15) is 0 Å². The van der Waals surface area contributed by atoms with Crippen LogP contribution < -0.4 is 4.74 Å². The fourth-order valence-corrected chi connectivity index (χ4v) is 2.41. The van der Waals surface area contributed by atoms with Gasteiger partial charge in [0.2, 0.25) is 0 Å². The van der Waals surface area contributed by atoms with Crippen LogP contribution in [-0.4, -0.2) is 17.7 Å². The minimum atomic E-state index is -0.670. The SMILES string of the molecule is O=C(O)[C@H]1C[C@H]1c1cccc2c1CCO2. The van der Waals surface area contributed by atoms with Crippen LogP contribution >= 0.6 is 0 Å². The standard InChI is InChI=1S/C12H12O3/c13-12(14)10-6-9(10)7-2-1-3-11-8(7)4-5-15-11/h1-3,9-10H,4-6H2,(H,13,14)/t9-,10-/m0/s1. The highest BCUT2D eigenvalue weighted by Crippen LogP contribution is 2.50. The Balaban J connectivity index is 1.94. The van der Waals surface area contributed by atoms with Gasteiger partial charge in [0.25, 0.3) is 0 Å². The van der Waals surface area contributed by atoms with Crippen molar-refractivity contribution in [3.8, 4) is 5.75 Å². The number of carbonyl (C=O) groups is 1. The molecule has 2 aliphatic rings. The van der Waals surface area contributed by atoms with Gasteiger partial charge in [0, 0.05) is 12.0 Å². The second-order valence-corrected chi connectivity index (χ2v) is 4.21. The third-order valence-corrected chi connectivity index (χ3v) is 3.29. The van der Waals surface area contributed by atoms with Gasteiger partial charge in [0.05, 0.1) is 12.5 Å². The van der Waals surface area contributed by atoms with Crippen molar-refractivity contribution in [2.75, 3.05) is 6.61 Å². The minimum Gasteiger partial charge on any atom is -0.493 e. The molecule has 0 aromatic heterocycles. The third-order valence-electron chi connectivity index (χ3n) is 3.29. The molecule has 78 valence electrons. The first kappa shape index (κ1) is 8.77. The molecule has 1 aliphatic carbocycles. The summed E-state index contributed by atoms with van der Waals surface area (Å²) in [6.45, 7) is 0.733. The van der Waals surface area contributed by atoms with Gasteiger partial charge in [-0.25, -0.2) is 0 Å². The molecule has 15 heavy (non-hydrogen) atoms. The number of hydrogen-bond acceptors (Lipinski definition) is 2. The highest BCUT2D eigenvalue weighted by molar-refractivity contribution is 5.75. The maximum Gasteiger partial charge on any atom is 0.307 e. The Labute approximate surface area is 87.7 Å². The number of hydrogen-bond donors (Lipinski definition) is 1. The van der Waals surface area contributed by atoms with Gasteiger partial charge < -0.3 is 9.84 Å². The Bertz CT molecular complexity index is 425. The molecule has 0 spiro atoms. The van der Waals surface area contributed by atoms with E-state index in [1.165, 1.54) is 11.1 Å². The van der Waals surface area contributed by atoms with Crippen LogP contribution in [0.5, 0.6) is 5.75 Å². The molecule has 0 saturated heterocycles. The van der Waals surface area contributed by atoms with Crippen molar-refractivity contribution in [3.63, 3.8) is 0 Å². The monoisotopic (exact) mass is 204 g/mol. The molecular weight excluding hydrogens is 192 g/mol. The predicted octanol–water partition coefficient (Wildman–Crippen LogP) is 1.81. The van der Waals surface area contributed by atoms with Gasteiger partial charge >= 0.3 is 5.97 Å². The Morgan fingerprint density at radius 1 is 1.47 bits per heavy atom. The van der Waals surface area contributed by atoms with Gasteiger partial charge in [0.15, 0.2) is 0 Å². The van der Waals surface area contributed by atoms with E-state index in [9.17, 15) is 4.79 Å². The molecule has 1 aromatic rings. The zero-order valence-corrected chi connectivity index (χ0v) is 8.27. The molecule has 0 unspecified atom stereocenters. The lowest BCUT2D eigenvalue weighted by Gasteiger charge is -2.05. The molecule has 2 atom stereocenters. The topological polar surface area (TPSA) is 46.5 Å². The van der Waals surface area contributed by atoms with Crippen LogP contribution in [-0.2, 0) is 11.2 Å². The normalized spacial score (nSPS) is 26.9. The second kappa shape index (κ2) is 2.99. The van der Waals surface area contributed by atoms with Gasteiger partial charge in [0.1, 0.15) is 5.75 Å². The lowest BCUT2D eigenvalue weighted by atomic mass is 10.00. The summed E-state index contributed by atoms with van der Waals surface area (Å²) in [5, 5.41) is 8.90. The smallest absolute Gasteiger partial charge is 0.307 e. The highest BCUT2D eigenvalue weighted by atomic mass is 16.5. The van der Waals surface area contributed by atoms with E-state index in [0.29, 0.717) is 0 Å². The number of carboxylic acids is 1. The fraction of sp³-hybridized carbons (Fsp3) is 0.417. The van der Waals surface area contributed by atoms with Crippen LogP contribution in [0, 0.1) is 5.92 Å². The van der Waals surface area contributed by atoms with Gasteiger partial charge in [-0.15, -0.1) is 0 Å². The lowest BCUT2D eigenvalue weighted by molar-refractivity contribution is -0.138. The van der Waals surface area contributed by atoms with Crippen LogP contribution in [0.3, 0.4) is 0 Å². The maximum absolute atomic E-state index is 10.8. The van der Waals surface area contributed by atoms with Crippen LogP contribution in [0.4, 0.5) is 0 Å². The van der Waals surface area contributed by atoms with Crippen molar-refractivity contribution in [3.05, 3.63) is 29.3 Å². The largest absolute Gasteiger partial charge is 0.493 e. The Hall–Kier alpha value is -1.51. The summed E-state index contributed by atoms with van der Waals surface area (Å²) in [6.07, 6.45) is 1.71. The first-order valence-corrected chi connectivity index (χ1v) is 5.25. The van der Waals surface area contributed by atoms with E-state index in [4.69, 9.17) is 9.84 Å². The zero-order chi connectivity index (χ0) is 10.4. The van der Waals surface area contributed by atoms with E-state index >= 15 is 0 Å². The molecule has 0 radical (unpaired) electrons. The molecule has 1 heterocycles. The van der Waals surface area contributed by atoms with Crippen LogP contribution in [0.2, 0.25) is 0 Å². The van der Waals surface area contributed by atoms with Crippen LogP contribution in [0.15, 0.2) is 18.2 Å². The molecule has 1 N–H and O–H groups in total. The van der Waals surface area contributed by atoms with Crippen LogP contribution in [0.25, 0.3) is 0 Å². The van der Waals surface area contributed by atoms with Crippen molar-refractivity contribution < 1.29 is 14.6 Å². The fourth-order valence-electron chi connectivity index (χ4n) is 2.41. The molecule has 1 aliphatic heterocycles. The summed E-state index contributed by atoms with van der Waals surface area (Å²) in [5.74, 6) is 0.330. The Morgan fingerprint density at radius 2 is 2.33 bits per heavy atom. The number of rotatable bonds is 2.